The Morgan fingerprint density at radius 2 is 2.12 bits per heavy atom. The van der Waals surface area contributed by atoms with E-state index in [0.717, 1.165) is 31.7 Å². The number of urea groups is 1. The first-order valence-electron chi connectivity index (χ1n) is 8.44. The van der Waals surface area contributed by atoms with Crippen molar-refractivity contribution in [3.8, 4) is 0 Å². The van der Waals surface area contributed by atoms with Gasteiger partial charge in [-0.05, 0) is 30.7 Å². The highest BCUT2D eigenvalue weighted by Gasteiger charge is 2.26. The van der Waals surface area contributed by atoms with Crippen LogP contribution in [0.2, 0.25) is 0 Å². The SMILES string of the molecule is O=C(NCC1CNCCCO1)N1CCOC(c2ccc(F)cc2)C1. The van der Waals surface area contributed by atoms with E-state index in [4.69, 9.17) is 9.47 Å². The molecule has 0 saturated carbocycles. The van der Waals surface area contributed by atoms with Crippen LogP contribution in [0.3, 0.4) is 0 Å². The Labute approximate surface area is 141 Å². The molecular formula is C17H24FN3O3. The fourth-order valence-corrected chi connectivity index (χ4v) is 2.93. The number of carbonyl (C=O) groups excluding carboxylic acids is 1. The van der Waals surface area contributed by atoms with Gasteiger partial charge < -0.3 is 25.0 Å². The van der Waals surface area contributed by atoms with Crippen molar-refractivity contribution in [2.45, 2.75) is 18.6 Å². The van der Waals surface area contributed by atoms with Crippen LogP contribution in [0.5, 0.6) is 0 Å². The summed E-state index contributed by atoms with van der Waals surface area (Å²) in [5, 5.41) is 6.23. The molecule has 2 atom stereocenters. The molecule has 2 aliphatic heterocycles. The minimum atomic E-state index is -0.277. The molecule has 24 heavy (non-hydrogen) atoms. The predicted octanol–water partition coefficient (Wildman–Crippen LogP) is 1.29. The van der Waals surface area contributed by atoms with Gasteiger partial charge in [0, 0.05) is 26.2 Å². The second-order valence-electron chi connectivity index (χ2n) is 6.09. The Hall–Kier alpha value is -1.70. The summed E-state index contributed by atoms with van der Waals surface area (Å²) < 4.78 is 24.4. The molecular weight excluding hydrogens is 313 g/mol. The van der Waals surface area contributed by atoms with Gasteiger partial charge in [-0.3, -0.25) is 0 Å². The van der Waals surface area contributed by atoms with E-state index in [1.165, 1.54) is 12.1 Å². The summed E-state index contributed by atoms with van der Waals surface area (Å²) >= 11 is 0. The molecule has 6 nitrogen and oxygen atoms in total. The molecule has 1 aromatic carbocycles. The minimum Gasteiger partial charge on any atom is -0.375 e. The lowest BCUT2D eigenvalue weighted by Gasteiger charge is -2.33. The smallest absolute Gasteiger partial charge is 0.317 e. The largest absolute Gasteiger partial charge is 0.375 e. The summed E-state index contributed by atoms with van der Waals surface area (Å²) in [4.78, 5) is 14.1. The van der Waals surface area contributed by atoms with Crippen LogP contribution >= 0.6 is 0 Å². The zero-order valence-electron chi connectivity index (χ0n) is 13.7. The molecule has 7 heteroatoms. The fraction of sp³-hybridized carbons (Fsp3) is 0.588. The molecule has 2 N–H and O–H groups in total. The van der Waals surface area contributed by atoms with E-state index in [-0.39, 0.29) is 24.1 Å². The first-order chi connectivity index (χ1) is 11.7. The Morgan fingerprint density at radius 1 is 1.29 bits per heavy atom. The van der Waals surface area contributed by atoms with Gasteiger partial charge in [0.15, 0.2) is 0 Å². The summed E-state index contributed by atoms with van der Waals surface area (Å²) in [7, 11) is 0. The number of morpholine rings is 1. The monoisotopic (exact) mass is 337 g/mol. The van der Waals surface area contributed by atoms with Crippen molar-refractivity contribution in [3.05, 3.63) is 35.6 Å². The molecule has 0 spiro atoms. The predicted molar refractivity (Wildman–Crippen MR) is 87.3 cm³/mol. The van der Waals surface area contributed by atoms with Gasteiger partial charge in [0.1, 0.15) is 11.9 Å². The van der Waals surface area contributed by atoms with Crippen LogP contribution in [0.25, 0.3) is 0 Å². The van der Waals surface area contributed by atoms with Gasteiger partial charge in [-0.1, -0.05) is 12.1 Å². The third-order valence-corrected chi connectivity index (χ3v) is 4.30. The Morgan fingerprint density at radius 3 is 2.96 bits per heavy atom. The van der Waals surface area contributed by atoms with Gasteiger partial charge in [0.25, 0.3) is 0 Å². The Balaban J connectivity index is 1.50. The van der Waals surface area contributed by atoms with Crippen LogP contribution in [0.15, 0.2) is 24.3 Å². The Kier molecular flexibility index (Phi) is 6.01. The van der Waals surface area contributed by atoms with Crippen molar-refractivity contribution in [2.24, 2.45) is 0 Å². The second-order valence-corrected chi connectivity index (χ2v) is 6.09. The van der Waals surface area contributed by atoms with E-state index < -0.39 is 0 Å². The first-order valence-corrected chi connectivity index (χ1v) is 8.44. The zero-order chi connectivity index (χ0) is 16.8. The number of rotatable bonds is 3. The van der Waals surface area contributed by atoms with Crippen LogP contribution in [0, 0.1) is 5.82 Å². The molecule has 0 aliphatic carbocycles. The summed E-state index contributed by atoms with van der Waals surface area (Å²) in [5.41, 5.74) is 0.880. The molecule has 2 aliphatic rings. The van der Waals surface area contributed by atoms with Gasteiger partial charge >= 0.3 is 6.03 Å². The number of hydrogen-bond acceptors (Lipinski definition) is 4. The molecule has 2 saturated heterocycles. The van der Waals surface area contributed by atoms with Crippen molar-refractivity contribution >= 4 is 6.03 Å². The maximum Gasteiger partial charge on any atom is 0.317 e. The molecule has 2 heterocycles. The van der Waals surface area contributed by atoms with Gasteiger partial charge in [0.05, 0.1) is 19.3 Å². The van der Waals surface area contributed by atoms with Crippen molar-refractivity contribution in [2.75, 3.05) is 45.9 Å². The van der Waals surface area contributed by atoms with Crippen molar-refractivity contribution in [3.63, 3.8) is 0 Å². The standard InChI is InChI=1S/C17H24FN3O3/c18-14-4-2-13(3-5-14)16-12-21(7-9-24-16)17(22)20-11-15-10-19-6-1-8-23-15/h2-5,15-16,19H,1,6-12H2,(H,20,22). The minimum absolute atomic E-state index is 0.00499. The first kappa shape index (κ1) is 17.1. The zero-order valence-corrected chi connectivity index (χ0v) is 13.7. The molecule has 2 unspecified atom stereocenters. The van der Waals surface area contributed by atoms with Crippen LogP contribution in [-0.4, -0.2) is 63.0 Å². The lowest BCUT2D eigenvalue weighted by molar-refractivity contribution is -0.0161. The number of ether oxygens (including phenoxy) is 2. The van der Waals surface area contributed by atoms with E-state index in [1.807, 2.05) is 0 Å². The van der Waals surface area contributed by atoms with E-state index in [2.05, 4.69) is 10.6 Å². The van der Waals surface area contributed by atoms with Gasteiger partial charge in [0.2, 0.25) is 0 Å². The number of nitrogens with zero attached hydrogens (tertiary/aromatic N) is 1. The van der Waals surface area contributed by atoms with Gasteiger partial charge in [-0.15, -0.1) is 0 Å². The number of nitrogens with one attached hydrogen (secondary N) is 2. The van der Waals surface area contributed by atoms with Crippen LogP contribution < -0.4 is 10.6 Å². The van der Waals surface area contributed by atoms with Crippen LogP contribution in [0.4, 0.5) is 9.18 Å². The average Bonchev–Trinajstić information content (AvgIpc) is 2.89. The highest BCUT2D eigenvalue weighted by Crippen LogP contribution is 2.22. The molecule has 132 valence electrons. The maximum atomic E-state index is 13.0. The van der Waals surface area contributed by atoms with Crippen molar-refractivity contribution < 1.29 is 18.7 Å². The summed E-state index contributed by atoms with van der Waals surface area (Å²) in [6, 6.07) is 6.11. The third-order valence-electron chi connectivity index (χ3n) is 4.30. The van der Waals surface area contributed by atoms with Crippen LogP contribution in [-0.2, 0) is 9.47 Å². The van der Waals surface area contributed by atoms with Crippen molar-refractivity contribution in [1.82, 2.24) is 15.5 Å². The van der Waals surface area contributed by atoms with E-state index >= 15 is 0 Å². The summed E-state index contributed by atoms with van der Waals surface area (Å²) in [6.07, 6.45) is 0.777. The molecule has 3 rings (SSSR count). The summed E-state index contributed by atoms with van der Waals surface area (Å²) in [6.45, 7) is 4.39. The molecule has 2 fully saturated rings. The highest BCUT2D eigenvalue weighted by molar-refractivity contribution is 5.74. The normalized spacial score (nSPS) is 25.1. The molecule has 0 bridgehead atoms. The number of benzene rings is 1. The highest BCUT2D eigenvalue weighted by atomic mass is 19.1. The quantitative estimate of drug-likeness (QED) is 0.872. The van der Waals surface area contributed by atoms with Gasteiger partial charge in [-0.25, -0.2) is 9.18 Å². The number of carbonyl (C=O) groups is 1. The van der Waals surface area contributed by atoms with E-state index in [9.17, 15) is 9.18 Å². The van der Waals surface area contributed by atoms with Gasteiger partial charge in [-0.2, -0.15) is 0 Å². The average molecular weight is 337 g/mol. The second kappa shape index (κ2) is 8.41. The Bertz CT molecular complexity index is 532. The number of amides is 2. The number of halogens is 1. The number of hydrogen-bond donors (Lipinski definition) is 2. The van der Waals surface area contributed by atoms with Crippen molar-refractivity contribution in [1.29, 1.82) is 0 Å². The van der Waals surface area contributed by atoms with E-state index in [0.29, 0.717) is 26.2 Å². The lowest BCUT2D eigenvalue weighted by Crippen LogP contribution is -2.49. The lowest BCUT2D eigenvalue weighted by atomic mass is 10.1. The van der Waals surface area contributed by atoms with E-state index in [1.54, 1.807) is 17.0 Å². The molecule has 2 amide bonds. The summed E-state index contributed by atoms with van der Waals surface area (Å²) in [5.74, 6) is -0.277. The maximum absolute atomic E-state index is 13.0. The third kappa shape index (κ3) is 4.66. The molecule has 1 aromatic rings. The topological polar surface area (TPSA) is 62.8 Å². The van der Waals surface area contributed by atoms with Crippen LogP contribution in [0.1, 0.15) is 18.1 Å². The fourth-order valence-electron chi connectivity index (χ4n) is 2.93. The molecule has 0 aromatic heterocycles. The molecule has 0 radical (unpaired) electrons.